The molecule has 0 bridgehead atoms. The van der Waals surface area contributed by atoms with Crippen LogP contribution in [0.15, 0.2) is 0 Å². The van der Waals surface area contributed by atoms with Crippen LogP contribution in [0.2, 0.25) is 0 Å². The fourth-order valence-corrected chi connectivity index (χ4v) is 3.92. The van der Waals surface area contributed by atoms with E-state index in [-0.39, 0.29) is 0 Å². The Labute approximate surface area is 119 Å². The van der Waals surface area contributed by atoms with Crippen molar-refractivity contribution in [1.29, 1.82) is 0 Å². The van der Waals surface area contributed by atoms with Gasteiger partial charge in [0, 0.05) is 24.2 Å². The summed E-state index contributed by atoms with van der Waals surface area (Å²) in [5.41, 5.74) is 6.06. The zero-order valence-electron chi connectivity index (χ0n) is 13.1. The molecule has 1 aliphatic carbocycles. The first kappa shape index (κ1) is 15.3. The van der Waals surface area contributed by atoms with Gasteiger partial charge in [-0.2, -0.15) is 0 Å². The Hall–Kier alpha value is -0.120. The van der Waals surface area contributed by atoms with E-state index in [0.717, 1.165) is 18.1 Å². The van der Waals surface area contributed by atoms with Gasteiger partial charge in [0.1, 0.15) is 0 Å². The molecule has 0 aromatic carbocycles. The lowest BCUT2D eigenvalue weighted by molar-refractivity contribution is 0.0422. The predicted octanol–water partition coefficient (Wildman–Crippen LogP) is 2.45. The number of hydrogen-bond acceptors (Lipinski definition) is 3. The van der Waals surface area contributed by atoms with Crippen LogP contribution >= 0.6 is 0 Å². The monoisotopic (exact) mass is 267 g/mol. The lowest BCUT2D eigenvalue weighted by atomic mass is 9.87. The normalized spacial score (nSPS) is 37.7. The molecule has 2 rings (SSSR count). The first-order valence-electron chi connectivity index (χ1n) is 8.33. The average Bonchev–Trinajstić information content (AvgIpc) is 2.41. The van der Waals surface area contributed by atoms with Gasteiger partial charge in [0.2, 0.25) is 0 Å². The minimum absolute atomic E-state index is 0.469. The summed E-state index contributed by atoms with van der Waals surface area (Å²) in [6.45, 7) is 7.24. The van der Waals surface area contributed by atoms with Crippen molar-refractivity contribution in [3.05, 3.63) is 0 Å². The molecule has 0 amide bonds. The van der Waals surface area contributed by atoms with Crippen LogP contribution in [0.4, 0.5) is 0 Å². The average molecular weight is 267 g/mol. The smallest absolute Gasteiger partial charge is 0.0125 e. The van der Waals surface area contributed by atoms with Gasteiger partial charge in [-0.1, -0.05) is 6.92 Å². The van der Waals surface area contributed by atoms with Gasteiger partial charge in [-0.05, 0) is 72.0 Å². The van der Waals surface area contributed by atoms with Crippen molar-refractivity contribution in [3.63, 3.8) is 0 Å². The highest BCUT2D eigenvalue weighted by atomic mass is 15.2. The summed E-state index contributed by atoms with van der Waals surface area (Å²) in [4.78, 5) is 5.35. The molecule has 2 aliphatic rings. The van der Waals surface area contributed by atoms with Crippen molar-refractivity contribution in [2.24, 2.45) is 5.73 Å². The first-order chi connectivity index (χ1) is 9.11. The Kier molecular flexibility index (Phi) is 5.67. The Balaban J connectivity index is 1.95. The van der Waals surface area contributed by atoms with E-state index >= 15 is 0 Å². The summed E-state index contributed by atoms with van der Waals surface area (Å²) in [6, 6.07) is 2.82. The van der Waals surface area contributed by atoms with Crippen LogP contribution in [0.3, 0.4) is 0 Å². The minimum atomic E-state index is 0.469. The number of piperidine rings is 1. The van der Waals surface area contributed by atoms with Crippen LogP contribution in [0.5, 0.6) is 0 Å². The van der Waals surface area contributed by atoms with Crippen molar-refractivity contribution >= 4 is 0 Å². The van der Waals surface area contributed by atoms with Crippen molar-refractivity contribution in [3.8, 4) is 0 Å². The zero-order valence-corrected chi connectivity index (χ0v) is 13.1. The van der Waals surface area contributed by atoms with E-state index in [1.807, 2.05) is 0 Å². The highest BCUT2D eigenvalue weighted by Crippen LogP contribution is 2.29. The molecule has 112 valence electrons. The topological polar surface area (TPSA) is 32.5 Å². The molecule has 1 saturated heterocycles. The molecule has 2 unspecified atom stereocenters. The van der Waals surface area contributed by atoms with Crippen LogP contribution in [-0.2, 0) is 0 Å². The SMILES string of the molecule is CCCN(C1CCC(N)CC1)C1CCN(C)C(C)C1. The maximum absolute atomic E-state index is 6.06. The Morgan fingerprint density at radius 3 is 2.37 bits per heavy atom. The number of hydrogen-bond donors (Lipinski definition) is 1. The molecule has 3 nitrogen and oxygen atoms in total. The van der Waals surface area contributed by atoms with E-state index < -0.39 is 0 Å². The molecule has 2 N–H and O–H groups in total. The van der Waals surface area contributed by atoms with Gasteiger partial charge in [-0.15, -0.1) is 0 Å². The van der Waals surface area contributed by atoms with Crippen molar-refractivity contribution in [2.45, 2.75) is 83.0 Å². The van der Waals surface area contributed by atoms with Gasteiger partial charge in [-0.3, -0.25) is 4.90 Å². The molecular formula is C16H33N3. The highest BCUT2D eigenvalue weighted by Gasteiger charge is 2.32. The molecule has 2 fully saturated rings. The Morgan fingerprint density at radius 2 is 1.79 bits per heavy atom. The van der Waals surface area contributed by atoms with Crippen LogP contribution in [0, 0.1) is 0 Å². The van der Waals surface area contributed by atoms with Crippen LogP contribution < -0.4 is 5.73 Å². The summed E-state index contributed by atoms with van der Waals surface area (Å²) < 4.78 is 0. The van der Waals surface area contributed by atoms with Crippen molar-refractivity contribution in [1.82, 2.24) is 9.80 Å². The molecule has 0 radical (unpaired) electrons. The summed E-state index contributed by atoms with van der Waals surface area (Å²) in [6.07, 6.45) is 9.08. The molecule has 2 atom stereocenters. The van der Waals surface area contributed by atoms with E-state index in [1.165, 1.54) is 58.0 Å². The number of nitrogens with two attached hydrogens (primary N) is 1. The first-order valence-corrected chi connectivity index (χ1v) is 8.33. The summed E-state index contributed by atoms with van der Waals surface area (Å²) in [5.74, 6) is 0. The number of rotatable bonds is 4. The largest absolute Gasteiger partial charge is 0.328 e. The molecule has 0 aromatic heterocycles. The van der Waals surface area contributed by atoms with Gasteiger partial charge < -0.3 is 10.6 Å². The van der Waals surface area contributed by atoms with Crippen molar-refractivity contribution in [2.75, 3.05) is 20.1 Å². The second-order valence-corrected chi connectivity index (χ2v) is 6.81. The van der Waals surface area contributed by atoms with E-state index in [4.69, 9.17) is 5.73 Å². The van der Waals surface area contributed by atoms with Gasteiger partial charge in [0.15, 0.2) is 0 Å². The van der Waals surface area contributed by atoms with Gasteiger partial charge in [0.05, 0.1) is 0 Å². The number of likely N-dealkylation sites (tertiary alicyclic amines) is 1. The maximum atomic E-state index is 6.06. The lowest BCUT2D eigenvalue weighted by Gasteiger charge is -2.45. The third-order valence-electron chi connectivity index (χ3n) is 5.34. The quantitative estimate of drug-likeness (QED) is 0.849. The van der Waals surface area contributed by atoms with Crippen LogP contribution in [-0.4, -0.2) is 54.1 Å². The summed E-state index contributed by atoms with van der Waals surface area (Å²) >= 11 is 0. The van der Waals surface area contributed by atoms with E-state index in [1.54, 1.807) is 0 Å². The second-order valence-electron chi connectivity index (χ2n) is 6.81. The summed E-state index contributed by atoms with van der Waals surface area (Å²) in [7, 11) is 2.27. The molecule has 1 saturated carbocycles. The Bertz CT molecular complexity index is 261. The molecule has 1 heterocycles. The second kappa shape index (κ2) is 7.05. The zero-order chi connectivity index (χ0) is 13.8. The van der Waals surface area contributed by atoms with Crippen LogP contribution in [0.1, 0.15) is 58.8 Å². The third-order valence-corrected chi connectivity index (χ3v) is 5.34. The van der Waals surface area contributed by atoms with E-state index in [2.05, 4.69) is 30.7 Å². The maximum Gasteiger partial charge on any atom is 0.0125 e. The Morgan fingerprint density at radius 1 is 1.11 bits per heavy atom. The molecular weight excluding hydrogens is 234 g/mol. The molecule has 0 spiro atoms. The van der Waals surface area contributed by atoms with E-state index in [0.29, 0.717) is 6.04 Å². The van der Waals surface area contributed by atoms with Gasteiger partial charge >= 0.3 is 0 Å². The summed E-state index contributed by atoms with van der Waals surface area (Å²) in [5, 5.41) is 0. The fourth-order valence-electron chi connectivity index (χ4n) is 3.92. The van der Waals surface area contributed by atoms with Crippen molar-refractivity contribution < 1.29 is 0 Å². The van der Waals surface area contributed by atoms with Gasteiger partial charge in [-0.25, -0.2) is 0 Å². The molecule has 0 aromatic rings. The standard InChI is InChI=1S/C16H33N3/c1-4-10-19(15-7-5-14(17)6-8-15)16-9-11-18(3)13(2)12-16/h13-16H,4-12,17H2,1-3H3. The number of nitrogens with zero attached hydrogens (tertiary/aromatic N) is 2. The van der Waals surface area contributed by atoms with Crippen LogP contribution in [0.25, 0.3) is 0 Å². The van der Waals surface area contributed by atoms with E-state index in [9.17, 15) is 0 Å². The highest BCUT2D eigenvalue weighted by molar-refractivity contribution is 4.89. The molecule has 3 heteroatoms. The predicted molar refractivity (Wildman–Crippen MR) is 82.3 cm³/mol. The molecule has 19 heavy (non-hydrogen) atoms. The lowest BCUT2D eigenvalue weighted by Crippen LogP contribution is -2.52. The third kappa shape index (κ3) is 3.93. The molecule has 1 aliphatic heterocycles. The van der Waals surface area contributed by atoms with Gasteiger partial charge in [0.25, 0.3) is 0 Å². The minimum Gasteiger partial charge on any atom is -0.328 e. The fraction of sp³-hybridized carbons (Fsp3) is 1.00.